The van der Waals surface area contributed by atoms with Gasteiger partial charge in [-0.2, -0.15) is 5.10 Å². The number of nitrogens with zero attached hydrogens (tertiary/aromatic N) is 4. The quantitative estimate of drug-likeness (QED) is 0.866. The van der Waals surface area contributed by atoms with Crippen molar-refractivity contribution in [2.24, 2.45) is 0 Å². The molecular weight excluding hydrogens is 296 g/mol. The molecule has 0 N–H and O–H groups in total. The smallest absolute Gasteiger partial charge is 0.151 e. The van der Waals surface area contributed by atoms with Gasteiger partial charge in [0, 0.05) is 32.0 Å². The summed E-state index contributed by atoms with van der Waals surface area (Å²) in [5.74, 6) is 2.20. The van der Waals surface area contributed by atoms with Gasteiger partial charge < -0.3 is 0 Å². The van der Waals surface area contributed by atoms with Gasteiger partial charge in [0.25, 0.3) is 0 Å². The Kier molecular flexibility index (Phi) is 4.93. The molecule has 0 radical (unpaired) electrons. The van der Waals surface area contributed by atoms with Gasteiger partial charge in [0.15, 0.2) is 5.82 Å². The molecule has 1 aliphatic carbocycles. The van der Waals surface area contributed by atoms with Crippen LogP contribution in [0, 0.1) is 0 Å². The highest BCUT2D eigenvalue weighted by atomic mass is 15.4. The zero-order chi connectivity index (χ0) is 16.2. The molecule has 0 bridgehead atoms. The minimum Gasteiger partial charge on any atom is -0.298 e. The molecule has 1 aromatic carbocycles. The van der Waals surface area contributed by atoms with Crippen molar-refractivity contribution in [3.8, 4) is 0 Å². The van der Waals surface area contributed by atoms with Crippen molar-refractivity contribution in [1.29, 1.82) is 0 Å². The van der Waals surface area contributed by atoms with Crippen LogP contribution in [0.3, 0.4) is 0 Å². The van der Waals surface area contributed by atoms with Gasteiger partial charge in [-0.15, -0.1) is 0 Å². The minimum absolute atomic E-state index is 0.806. The number of hydrogen-bond donors (Lipinski definition) is 0. The van der Waals surface area contributed by atoms with E-state index in [1.54, 1.807) is 0 Å². The first kappa shape index (κ1) is 15.8. The van der Waals surface area contributed by atoms with Gasteiger partial charge in [0.2, 0.25) is 0 Å². The maximum absolute atomic E-state index is 4.83. The Balaban J connectivity index is 1.35. The van der Waals surface area contributed by atoms with E-state index in [0.29, 0.717) is 0 Å². The molecule has 4 heteroatoms. The summed E-state index contributed by atoms with van der Waals surface area (Å²) < 4.78 is 2.17. The van der Waals surface area contributed by atoms with Crippen LogP contribution >= 0.6 is 0 Å². The molecule has 0 saturated heterocycles. The van der Waals surface area contributed by atoms with Crippen molar-refractivity contribution in [3.63, 3.8) is 0 Å². The Bertz CT molecular complexity index is 617. The highest BCUT2D eigenvalue weighted by Crippen LogP contribution is 2.23. The number of rotatable bonds is 4. The van der Waals surface area contributed by atoms with Gasteiger partial charge in [-0.1, -0.05) is 49.6 Å². The summed E-state index contributed by atoms with van der Waals surface area (Å²) in [7, 11) is 0. The van der Waals surface area contributed by atoms with Crippen LogP contribution < -0.4 is 0 Å². The maximum atomic E-state index is 4.83. The summed E-state index contributed by atoms with van der Waals surface area (Å²) in [5.41, 5.74) is 1.37. The van der Waals surface area contributed by atoms with E-state index in [2.05, 4.69) is 39.9 Å². The van der Waals surface area contributed by atoms with Crippen molar-refractivity contribution in [2.75, 3.05) is 13.1 Å². The molecule has 0 atom stereocenters. The van der Waals surface area contributed by atoms with E-state index in [1.807, 2.05) is 0 Å². The molecule has 4 rings (SSSR count). The normalized spacial score (nSPS) is 19.8. The molecule has 1 saturated carbocycles. The lowest BCUT2D eigenvalue weighted by molar-refractivity contribution is 0.158. The Morgan fingerprint density at radius 3 is 2.58 bits per heavy atom. The molecule has 128 valence electrons. The molecule has 2 heterocycles. The van der Waals surface area contributed by atoms with Gasteiger partial charge in [-0.05, 0) is 24.8 Å². The van der Waals surface area contributed by atoms with Crippen LogP contribution in [0.1, 0.15) is 49.3 Å². The van der Waals surface area contributed by atoms with Crippen molar-refractivity contribution < 1.29 is 0 Å². The minimum atomic E-state index is 0.806. The van der Waals surface area contributed by atoms with Crippen molar-refractivity contribution in [3.05, 3.63) is 47.5 Å². The largest absolute Gasteiger partial charge is 0.298 e. The third-order valence-corrected chi connectivity index (χ3v) is 5.59. The van der Waals surface area contributed by atoms with Gasteiger partial charge >= 0.3 is 0 Å². The molecule has 4 nitrogen and oxygen atoms in total. The fraction of sp³-hybridized carbons (Fsp3) is 0.600. The first-order valence-electron chi connectivity index (χ1n) is 9.59. The Hall–Kier alpha value is -1.68. The van der Waals surface area contributed by atoms with Crippen LogP contribution in [0.2, 0.25) is 0 Å². The molecule has 0 amide bonds. The standard InChI is InChI=1S/C20H28N4/c1-3-7-17(8-4-1)11-12-19-21-20-13-14-23(15-16-24(20)22-19)18-9-5-2-6-10-18/h1,3-4,7-8,18H,2,5-6,9-16H2. The summed E-state index contributed by atoms with van der Waals surface area (Å²) in [5, 5.41) is 4.78. The molecular formula is C20H28N4. The van der Waals surface area contributed by atoms with Gasteiger partial charge in [-0.3, -0.25) is 4.90 Å². The van der Waals surface area contributed by atoms with Crippen LogP contribution in [0.5, 0.6) is 0 Å². The van der Waals surface area contributed by atoms with Crippen LogP contribution in [0.4, 0.5) is 0 Å². The topological polar surface area (TPSA) is 34.0 Å². The summed E-state index contributed by atoms with van der Waals surface area (Å²) in [4.78, 5) is 7.52. The Morgan fingerprint density at radius 2 is 1.75 bits per heavy atom. The lowest BCUT2D eigenvalue weighted by atomic mass is 9.94. The number of hydrogen-bond acceptors (Lipinski definition) is 3. The second-order valence-electron chi connectivity index (χ2n) is 7.23. The molecule has 2 aromatic rings. The Labute approximate surface area is 144 Å². The predicted octanol–water partition coefficient (Wildman–Crippen LogP) is 3.25. The first-order chi connectivity index (χ1) is 11.9. The van der Waals surface area contributed by atoms with Crippen LogP contribution in [-0.4, -0.2) is 38.8 Å². The average molecular weight is 324 g/mol. The van der Waals surface area contributed by atoms with E-state index < -0.39 is 0 Å². The van der Waals surface area contributed by atoms with E-state index >= 15 is 0 Å². The monoisotopic (exact) mass is 324 g/mol. The predicted molar refractivity (Wildman–Crippen MR) is 96.0 cm³/mol. The number of aromatic nitrogens is 3. The van der Waals surface area contributed by atoms with E-state index in [-0.39, 0.29) is 0 Å². The van der Waals surface area contributed by atoms with E-state index in [9.17, 15) is 0 Å². The summed E-state index contributed by atoms with van der Waals surface area (Å²) in [6, 6.07) is 11.4. The second-order valence-corrected chi connectivity index (χ2v) is 7.23. The van der Waals surface area contributed by atoms with Crippen molar-refractivity contribution >= 4 is 0 Å². The highest BCUT2D eigenvalue weighted by Gasteiger charge is 2.24. The van der Waals surface area contributed by atoms with E-state index in [0.717, 1.165) is 50.8 Å². The molecule has 1 aliphatic heterocycles. The fourth-order valence-corrected chi connectivity index (χ4v) is 4.19. The highest BCUT2D eigenvalue weighted by molar-refractivity contribution is 5.15. The molecule has 2 aliphatic rings. The summed E-state index contributed by atoms with van der Waals surface area (Å²) in [6.45, 7) is 3.30. The SMILES string of the molecule is c1ccc(CCc2nc3n(n2)CCN(C2CCCCC2)CC3)cc1. The maximum Gasteiger partial charge on any atom is 0.151 e. The number of benzene rings is 1. The lowest BCUT2D eigenvalue weighted by Gasteiger charge is -2.33. The number of fused-ring (bicyclic) bond motifs is 1. The molecule has 0 unspecified atom stereocenters. The van der Waals surface area contributed by atoms with Gasteiger partial charge in [-0.25, -0.2) is 9.67 Å². The fourth-order valence-electron chi connectivity index (χ4n) is 4.19. The zero-order valence-corrected chi connectivity index (χ0v) is 14.5. The second kappa shape index (κ2) is 7.47. The van der Waals surface area contributed by atoms with Crippen molar-refractivity contribution in [2.45, 2.75) is 64.0 Å². The number of aryl methyl sites for hydroxylation is 2. The van der Waals surface area contributed by atoms with E-state index in [4.69, 9.17) is 10.1 Å². The third-order valence-electron chi connectivity index (χ3n) is 5.59. The molecule has 0 spiro atoms. The molecule has 24 heavy (non-hydrogen) atoms. The summed E-state index contributed by atoms with van der Waals surface area (Å²) >= 11 is 0. The van der Waals surface area contributed by atoms with Crippen molar-refractivity contribution in [1.82, 2.24) is 19.7 Å². The Morgan fingerprint density at radius 1 is 0.917 bits per heavy atom. The molecule has 1 fully saturated rings. The first-order valence-corrected chi connectivity index (χ1v) is 9.59. The lowest BCUT2D eigenvalue weighted by Crippen LogP contribution is -2.38. The average Bonchev–Trinajstić information content (AvgIpc) is 2.93. The summed E-state index contributed by atoms with van der Waals surface area (Å²) in [6.07, 6.45) is 10.0. The van der Waals surface area contributed by atoms with Crippen LogP contribution in [-0.2, 0) is 25.8 Å². The van der Waals surface area contributed by atoms with Crippen LogP contribution in [0.25, 0.3) is 0 Å². The van der Waals surface area contributed by atoms with E-state index in [1.165, 1.54) is 43.5 Å². The molecule has 1 aromatic heterocycles. The van der Waals surface area contributed by atoms with Crippen LogP contribution in [0.15, 0.2) is 30.3 Å². The van der Waals surface area contributed by atoms with Gasteiger partial charge in [0.1, 0.15) is 5.82 Å². The van der Waals surface area contributed by atoms with Gasteiger partial charge in [0.05, 0.1) is 6.54 Å². The zero-order valence-electron chi connectivity index (χ0n) is 14.5. The third kappa shape index (κ3) is 3.69.